The molecule has 1 aromatic carbocycles. The normalized spacial score (nSPS) is 10.3. The van der Waals surface area contributed by atoms with Crippen LogP contribution < -0.4 is 5.32 Å². The van der Waals surface area contributed by atoms with Crippen molar-refractivity contribution in [3.8, 4) is 0 Å². The standard InChI is InChI=1S/C14H13FN2O3/c1-3-20-14(19)11-7-16-12-5-4-9(15)6-10(12)13(11)17-8(2)18/h4-7H,3H2,1-2H3,(H,16,17,18). The molecule has 20 heavy (non-hydrogen) atoms. The number of ether oxygens (including phenoxy) is 1. The van der Waals surface area contributed by atoms with Gasteiger partial charge in [0.05, 0.1) is 17.8 Å². The van der Waals surface area contributed by atoms with Gasteiger partial charge in [-0.05, 0) is 25.1 Å². The topological polar surface area (TPSA) is 68.3 Å². The highest BCUT2D eigenvalue weighted by molar-refractivity contribution is 6.09. The third-order valence-electron chi connectivity index (χ3n) is 2.63. The molecule has 5 nitrogen and oxygen atoms in total. The average Bonchev–Trinajstić information content (AvgIpc) is 2.39. The first-order chi connectivity index (χ1) is 9.52. The number of nitrogens with zero attached hydrogens (tertiary/aromatic N) is 1. The summed E-state index contributed by atoms with van der Waals surface area (Å²) in [5.41, 5.74) is 0.781. The molecule has 0 aliphatic carbocycles. The van der Waals surface area contributed by atoms with Gasteiger partial charge in [-0.1, -0.05) is 0 Å². The molecule has 2 rings (SSSR count). The molecule has 0 saturated heterocycles. The van der Waals surface area contributed by atoms with Gasteiger partial charge in [-0.2, -0.15) is 0 Å². The lowest BCUT2D eigenvalue weighted by Crippen LogP contribution is -2.14. The van der Waals surface area contributed by atoms with Crippen molar-refractivity contribution in [2.75, 3.05) is 11.9 Å². The lowest BCUT2D eigenvalue weighted by molar-refractivity contribution is -0.114. The first kappa shape index (κ1) is 13.9. The predicted molar refractivity (Wildman–Crippen MR) is 72.0 cm³/mol. The fourth-order valence-electron chi connectivity index (χ4n) is 1.84. The summed E-state index contributed by atoms with van der Waals surface area (Å²) in [7, 11) is 0. The monoisotopic (exact) mass is 276 g/mol. The number of anilines is 1. The van der Waals surface area contributed by atoms with Crippen LogP contribution in [0.1, 0.15) is 24.2 Å². The lowest BCUT2D eigenvalue weighted by Gasteiger charge is -2.12. The highest BCUT2D eigenvalue weighted by atomic mass is 19.1. The third kappa shape index (κ3) is 2.74. The molecule has 0 saturated carbocycles. The third-order valence-corrected chi connectivity index (χ3v) is 2.63. The Hall–Kier alpha value is -2.50. The molecule has 0 aliphatic heterocycles. The van der Waals surface area contributed by atoms with E-state index in [-0.39, 0.29) is 23.8 Å². The number of hydrogen-bond donors (Lipinski definition) is 1. The Balaban J connectivity index is 2.67. The van der Waals surface area contributed by atoms with E-state index in [0.29, 0.717) is 10.9 Å². The first-order valence-electron chi connectivity index (χ1n) is 6.06. The molecule has 1 aromatic heterocycles. The summed E-state index contributed by atoms with van der Waals surface area (Å²) in [6.07, 6.45) is 1.31. The largest absolute Gasteiger partial charge is 0.462 e. The molecule has 6 heteroatoms. The van der Waals surface area contributed by atoms with Crippen molar-refractivity contribution in [2.45, 2.75) is 13.8 Å². The van der Waals surface area contributed by atoms with Crippen LogP contribution >= 0.6 is 0 Å². The van der Waals surface area contributed by atoms with E-state index in [2.05, 4.69) is 10.3 Å². The molecule has 0 fully saturated rings. The zero-order valence-electron chi connectivity index (χ0n) is 11.1. The number of halogens is 1. The number of benzene rings is 1. The summed E-state index contributed by atoms with van der Waals surface area (Å²) in [6.45, 7) is 3.17. The van der Waals surface area contributed by atoms with Crippen LogP contribution in [0.4, 0.5) is 10.1 Å². The van der Waals surface area contributed by atoms with Gasteiger partial charge in [0.15, 0.2) is 0 Å². The lowest BCUT2D eigenvalue weighted by atomic mass is 10.1. The fourth-order valence-corrected chi connectivity index (χ4v) is 1.84. The SMILES string of the molecule is CCOC(=O)c1cnc2ccc(F)cc2c1NC(C)=O. The van der Waals surface area contributed by atoms with Gasteiger partial charge in [0.2, 0.25) is 5.91 Å². The number of pyridine rings is 1. The van der Waals surface area contributed by atoms with Crippen molar-refractivity contribution < 1.29 is 18.7 Å². The summed E-state index contributed by atoms with van der Waals surface area (Å²) >= 11 is 0. The number of nitrogens with one attached hydrogen (secondary N) is 1. The minimum absolute atomic E-state index is 0.0974. The molecule has 0 atom stereocenters. The Labute approximate surface area is 114 Å². The van der Waals surface area contributed by atoms with Gasteiger partial charge in [0, 0.05) is 18.5 Å². The number of rotatable bonds is 3. The number of esters is 1. The van der Waals surface area contributed by atoms with Crippen LogP contribution in [-0.4, -0.2) is 23.5 Å². The smallest absolute Gasteiger partial charge is 0.341 e. The predicted octanol–water partition coefficient (Wildman–Crippen LogP) is 2.51. The van der Waals surface area contributed by atoms with Crippen molar-refractivity contribution in [3.05, 3.63) is 35.8 Å². The maximum atomic E-state index is 13.4. The van der Waals surface area contributed by atoms with Crippen molar-refractivity contribution in [3.63, 3.8) is 0 Å². The molecule has 1 heterocycles. The number of aromatic nitrogens is 1. The molecule has 0 unspecified atom stereocenters. The second kappa shape index (κ2) is 5.64. The van der Waals surface area contributed by atoms with Crippen LogP contribution in [0, 0.1) is 5.82 Å². The summed E-state index contributed by atoms with van der Waals surface area (Å²) in [5.74, 6) is -1.46. The molecule has 0 aliphatic rings. The van der Waals surface area contributed by atoms with Gasteiger partial charge in [-0.3, -0.25) is 9.78 Å². The van der Waals surface area contributed by atoms with E-state index >= 15 is 0 Å². The van der Waals surface area contributed by atoms with Gasteiger partial charge in [-0.15, -0.1) is 0 Å². The number of carbonyl (C=O) groups is 2. The highest BCUT2D eigenvalue weighted by Gasteiger charge is 2.17. The second-order valence-electron chi connectivity index (χ2n) is 4.11. The van der Waals surface area contributed by atoms with Gasteiger partial charge < -0.3 is 10.1 Å². The van der Waals surface area contributed by atoms with Crippen molar-refractivity contribution >= 4 is 28.5 Å². The van der Waals surface area contributed by atoms with Gasteiger partial charge in [0.1, 0.15) is 11.4 Å². The maximum absolute atomic E-state index is 13.4. The Bertz CT molecular complexity index is 685. The zero-order valence-corrected chi connectivity index (χ0v) is 11.1. The molecule has 1 N–H and O–H groups in total. The number of carbonyl (C=O) groups excluding carboxylic acids is 2. The summed E-state index contributed by atoms with van der Waals surface area (Å²) < 4.78 is 18.3. The Morgan fingerprint density at radius 2 is 2.15 bits per heavy atom. The van der Waals surface area contributed by atoms with E-state index in [1.807, 2.05) is 0 Å². The van der Waals surface area contributed by atoms with Crippen molar-refractivity contribution in [2.24, 2.45) is 0 Å². The molecule has 0 spiro atoms. The van der Waals surface area contributed by atoms with Crippen LogP contribution in [0.25, 0.3) is 10.9 Å². The molecule has 0 bridgehead atoms. The van der Waals surface area contributed by atoms with E-state index in [9.17, 15) is 14.0 Å². The summed E-state index contributed by atoms with van der Waals surface area (Å²) in [6, 6.07) is 3.96. The summed E-state index contributed by atoms with van der Waals surface area (Å²) in [5, 5.41) is 2.89. The molecule has 104 valence electrons. The average molecular weight is 276 g/mol. The van der Waals surface area contributed by atoms with Crippen LogP contribution in [0.3, 0.4) is 0 Å². The van der Waals surface area contributed by atoms with Gasteiger partial charge in [0.25, 0.3) is 0 Å². The first-order valence-corrected chi connectivity index (χ1v) is 6.06. The van der Waals surface area contributed by atoms with Gasteiger partial charge >= 0.3 is 5.97 Å². The quantitative estimate of drug-likeness (QED) is 0.874. The minimum Gasteiger partial charge on any atom is -0.462 e. The number of hydrogen-bond acceptors (Lipinski definition) is 4. The Kier molecular flexibility index (Phi) is 3.93. The van der Waals surface area contributed by atoms with E-state index in [0.717, 1.165) is 0 Å². The Morgan fingerprint density at radius 1 is 1.40 bits per heavy atom. The van der Waals surface area contributed by atoms with Crippen LogP contribution in [0.15, 0.2) is 24.4 Å². The van der Waals surface area contributed by atoms with Crippen molar-refractivity contribution in [1.82, 2.24) is 4.98 Å². The molecular formula is C14H13FN2O3. The van der Waals surface area contributed by atoms with Crippen LogP contribution in [0.2, 0.25) is 0 Å². The fraction of sp³-hybridized carbons (Fsp3) is 0.214. The van der Waals surface area contributed by atoms with E-state index in [4.69, 9.17) is 4.74 Å². The van der Waals surface area contributed by atoms with Crippen molar-refractivity contribution in [1.29, 1.82) is 0 Å². The summed E-state index contributed by atoms with van der Waals surface area (Å²) in [4.78, 5) is 27.2. The number of amides is 1. The van der Waals surface area contributed by atoms with Gasteiger partial charge in [-0.25, -0.2) is 9.18 Å². The highest BCUT2D eigenvalue weighted by Crippen LogP contribution is 2.27. The Morgan fingerprint density at radius 3 is 2.80 bits per heavy atom. The maximum Gasteiger partial charge on any atom is 0.341 e. The van der Waals surface area contributed by atoms with E-state index < -0.39 is 11.8 Å². The molecule has 1 amide bonds. The van der Waals surface area contributed by atoms with Crippen LogP contribution in [-0.2, 0) is 9.53 Å². The minimum atomic E-state index is -0.616. The van der Waals surface area contributed by atoms with E-state index in [1.165, 1.54) is 31.3 Å². The van der Waals surface area contributed by atoms with Crippen LogP contribution in [0.5, 0.6) is 0 Å². The molecular weight excluding hydrogens is 263 g/mol. The number of fused-ring (bicyclic) bond motifs is 1. The van der Waals surface area contributed by atoms with E-state index in [1.54, 1.807) is 6.92 Å². The second-order valence-corrected chi connectivity index (χ2v) is 4.11. The molecule has 2 aromatic rings. The zero-order chi connectivity index (χ0) is 14.7. The molecule has 0 radical (unpaired) electrons.